The fraction of sp³-hybridized carbons (Fsp3) is 0.250. The molecule has 0 amide bonds. The number of hydrogen-bond donors (Lipinski definition) is 1. The molecule has 2 aromatic heterocycles. The minimum atomic E-state index is 0.884. The molecule has 1 N–H and O–H groups in total. The standard InChI is InChI=1S/C16H18N4/c1-12-5-3-6-13(11-12)15-16-18-8-4-10-20(16)14(19-15)7-9-17-2/h3-6,8,10-11,17H,7,9H2,1-2H3. The normalized spacial score (nSPS) is 11.1. The first-order valence-electron chi connectivity index (χ1n) is 6.83. The SMILES string of the molecule is CNCCc1nc(-c2cccc(C)c2)c2ncccn12. The summed E-state index contributed by atoms with van der Waals surface area (Å²) in [5.41, 5.74) is 4.23. The Balaban J connectivity index is 2.15. The molecule has 4 nitrogen and oxygen atoms in total. The minimum Gasteiger partial charge on any atom is -0.319 e. The first kappa shape index (κ1) is 12.8. The number of aromatic nitrogens is 3. The number of benzene rings is 1. The molecule has 0 aliphatic heterocycles. The van der Waals surface area contributed by atoms with Crippen LogP contribution < -0.4 is 5.32 Å². The van der Waals surface area contributed by atoms with Crippen molar-refractivity contribution in [2.24, 2.45) is 0 Å². The number of aryl methyl sites for hydroxylation is 1. The lowest BCUT2D eigenvalue weighted by Crippen LogP contribution is -2.12. The molecule has 0 bridgehead atoms. The second kappa shape index (κ2) is 5.43. The van der Waals surface area contributed by atoms with Crippen LogP contribution in [-0.4, -0.2) is 28.0 Å². The van der Waals surface area contributed by atoms with Gasteiger partial charge in [-0.3, -0.25) is 4.40 Å². The van der Waals surface area contributed by atoms with Crippen LogP contribution in [0.25, 0.3) is 16.9 Å². The molecule has 0 aliphatic rings. The van der Waals surface area contributed by atoms with Gasteiger partial charge in [0.15, 0.2) is 5.65 Å². The van der Waals surface area contributed by atoms with E-state index in [9.17, 15) is 0 Å². The summed E-state index contributed by atoms with van der Waals surface area (Å²) in [6.45, 7) is 3.00. The number of nitrogens with one attached hydrogen (secondary N) is 1. The maximum Gasteiger partial charge on any atom is 0.164 e. The minimum absolute atomic E-state index is 0.884. The van der Waals surface area contributed by atoms with Crippen molar-refractivity contribution in [3.8, 4) is 11.3 Å². The van der Waals surface area contributed by atoms with Crippen molar-refractivity contribution in [3.05, 3.63) is 54.1 Å². The Labute approximate surface area is 118 Å². The summed E-state index contributed by atoms with van der Waals surface area (Å²) < 4.78 is 2.08. The molecular weight excluding hydrogens is 248 g/mol. The van der Waals surface area contributed by atoms with Crippen molar-refractivity contribution in [3.63, 3.8) is 0 Å². The maximum absolute atomic E-state index is 4.80. The Morgan fingerprint density at radius 3 is 2.95 bits per heavy atom. The molecule has 102 valence electrons. The summed E-state index contributed by atoms with van der Waals surface area (Å²) in [5, 5.41) is 3.17. The van der Waals surface area contributed by atoms with Crippen LogP contribution in [0.1, 0.15) is 11.4 Å². The van der Waals surface area contributed by atoms with Gasteiger partial charge in [0.05, 0.1) is 0 Å². The molecule has 2 heterocycles. The van der Waals surface area contributed by atoms with Crippen molar-refractivity contribution in [2.45, 2.75) is 13.3 Å². The first-order chi connectivity index (χ1) is 9.79. The van der Waals surface area contributed by atoms with Crippen LogP contribution in [0.2, 0.25) is 0 Å². The number of rotatable bonds is 4. The van der Waals surface area contributed by atoms with Gasteiger partial charge in [-0.05, 0) is 26.1 Å². The van der Waals surface area contributed by atoms with Gasteiger partial charge in [-0.15, -0.1) is 0 Å². The number of nitrogens with zero attached hydrogens (tertiary/aromatic N) is 3. The average molecular weight is 266 g/mol. The lowest BCUT2D eigenvalue weighted by atomic mass is 10.1. The van der Waals surface area contributed by atoms with E-state index in [1.165, 1.54) is 5.56 Å². The molecule has 3 rings (SSSR count). The molecule has 1 aromatic carbocycles. The molecule has 0 atom stereocenters. The summed E-state index contributed by atoms with van der Waals surface area (Å²) >= 11 is 0. The highest BCUT2D eigenvalue weighted by Gasteiger charge is 2.13. The Morgan fingerprint density at radius 1 is 1.25 bits per heavy atom. The molecule has 3 aromatic rings. The Kier molecular flexibility index (Phi) is 3.48. The highest BCUT2D eigenvalue weighted by molar-refractivity contribution is 5.74. The van der Waals surface area contributed by atoms with Crippen LogP contribution in [0, 0.1) is 6.92 Å². The lowest BCUT2D eigenvalue weighted by Gasteiger charge is -1.99. The Hall–Kier alpha value is -2.20. The van der Waals surface area contributed by atoms with Crippen LogP contribution in [0.4, 0.5) is 0 Å². The third-order valence-electron chi connectivity index (χ3n) is 3.37. The fourth-order valence-corrected chi connectivity index (χ4v) is 2.39. The van der Waals surface area contributed by atoms with Gasteiger partial charge in [0.1, 0.15) is 11.5 Å². The van der Waals surface area contributed by atoms with E-state index in [2.05, 4.69) is 45.9 Å². The second-order valence-electron chi connectivity index (χ2n) is 4.91. The molecule has 0 spiro atoms. The molecule has 4 heteroatoms. The van der Waals surface area contributed by atoms with Gasteiger partial charge < -0.3 is 5.32 Å². The van der Waals surface area contributed by atoms with Crippen molar-refractivity contribution < 1.29 is 0 Å². The summed E-state index contributed by atoms with van der Waals surface area (Å²) in [6, 6.07) is 10.3. The predicted molar refractivity (Wildman–Crippen MR) is 80.8 cm³/mol. The molecule has 0 fully saturated rings. The van der Waals surface area contributed by atoms with Gasteiger partial charge in [0, 0.05) is 30.9 Å². The summed E-state index contributed by atoms with van der Waals surface area (Å²) in [5.74, 6) is 1.04. The number of fused-ring (bicyclic) bond motifs is 1. The first-order valence-corrected chi connectivity index (χ1v) is 6.83. The molecule has 20 heavy (non-hydrogen) atoms. The topological polar surface area (TPSA) is 42.2 Å². The molecule has 0 saturated carbocycles. The zero-order chi connectivity index (χ0) is 13.9. The van der Waals surface area contributed by atoms with Gasteiger partial charge in [0.25, 0.3) is 0 Å². The van der Waals surface area contributed by atoms with E-state index >= 15 is 0 Å². The van der Waals surface area contributed by atoms with Gasteiger partial charge in [-0.1, -0.05) is 23.8 Å². The van der Waals surface area contributed by atoms with Crippen molar-refractivity contribution >= 4 is 5.65 Å². The molecular formula is C16H18N4. The smallest absolute Gasteiger partial charge is 0.164 e. The molecule has 0 radical (unpaired) electrons. The van der Waals surface area contributed by atoms with E-state index in [0.29, 0.717) is 0 Å². The Morgan fingerprint density at radius 2 is 2.15 bits per heavy atom. The van der Waals surface area contributed by atoms with Crippen LogP contribution in [0.5, 0.6) is 0 Å². The van der Waals surface area contributed by atoms with E-state index in [-0.39, 0.29) is 0 Å². The lowest BCUT2D eigenvalue weighted by molar-refractivity contribution is 0.752. The van der Waals surface area contributed by atoms with E-state index < -0.39 is 0 Å². The third-order valence-corrected chi connectivity index (χ3v) is 3.37. The molecule has 0 aliphatic carbocycles. The van der Waals surface area contributed by atoms with Crippen molar-refractivity contribution in [1.29, 1.82) is 0 Å². The van der Waals surface area contributed by atoms with Gasteiger partial charge >= 0.3 is 0 Å². The van der Waals surface area contributed by atoms with Crippen LogP contribution in [0.3, 0.4) is 0 Å². The average Bonchev–Trinajstić information content (AvgIpc) is 2.84. The van der Waals surface area contributed by atoms with Crippen LogP contribution in [0.15, 0.2) is 42.7 Å². The zero-order valence-electron chi connectivity index (χ0n) is 11.8. The number of hydrogen-bond acceptors (Lipinski definition) is 3. The van der Waals surface area contributed by atoms with Crippen LogP contribution >= 0.6 is 0 Å². The number of likely N-dealkylation sites (N-methyl/N-ethyl adjacent to an activating group) is 1. The summed E-state index contributed by atoms with van der Waals surface area (Å²) in [6.07, 6.45) is 4.73. The summed E-state index contributed by atoms with van der Waals surface area (Å²) in [7, 11) is 1.95. The summed E-state index contributed by atoms with van der Waals surface area (Å²) in [4.78, 5) is 9.29. The predicted octanol–water partition coefficient (Wildman–Crippen LogP) is 2.47. The van der Waals surface area contributed by atoms with Crippen molar-refractivity contribution in [2.75, 3.05) is 13.6 Å². The molecule has 0 unspecified atom stereocenters. The van der Waals surface area contributed by atoms with E-state index in [1.807, 2.05) is 25.5 Å². The fourth-order valence-electron chi connectivity index (χ4n) is 2.39. The van der Waals surface area contributed by atoms with E-state index in [0.717, 1.165) is 35.7 Å². The van der Waals surface area contributed by atoms with Crippen molar-refractivity contribution in [1.82, 2.24) is 19.7 Å². The highest BCUT2D eigenvalue weighted by atomic mass is 15.1. The number of imidazole rings is 1. The van der Waals surface area contributed by atoms with E-state index in [4.69, 9.17) is 4.98 Å². The van der Waals surface area contributed by atoms with Gasteiger partial charge in [-0.25, -0.2) is 9.97 Å². The molecule has 0 saturated heterocycles. The van der Waals surface area contributed by atoms with Gasteiger partial charge in [-0.2, -0.15) is 0 Å². The monoisotopic (exact) mass is 266 g/mol. The van der Waals surface area contributed by atoms with E-state index in [1.54, 1.807) is 0 Å². The third kappa shape index (κ3) is 2.30. The maximum atomic E-state index is 4.80. The quantitative estimate of drug-likeness (QED) is 0.789. The Bertz CT molecular complexity index is 730. The highest BCUT2D eigenvalue weighted by Crippen LogP contribution is 2.24. The zero-order valence-corrected chi connectivity index (χ0v) is 11.8. The van der Waals surface area contributed by atoms with Crippen LogP contribution in [-0.2, 0) is 6.42 Å². The van der Waals surface area contributed by atoms with Gasteiger partial charge in [0.2, 0.25) is 0 Å². The largest absolute Gasteiger partial charge is 0.319 e. The second-order valence-corrected chi connectivity index (χ2v) is 4.91.